The zero-order chi connectivity index (χ0) is 18.4. The van der Waals surface area contributed by atoms with Crippen molar-refractivity contribution in [1.29, 1.82) is 0 Å². The third kappa shape index (κ3) is 2.77. The van der Waals surface area contributed by atoms with Gasteiger partial charge in [-0.05, 0) is 31.2 Å². The molecule has 1 aromatic carbocycles. The molecular formula is C16H12F3N3O3. The van der Waals surface area contributed by atoms with Crippen molar-refractivity contribution in [2.24, 2.45) is 0 Å². The van der Waals surface area contributed by atoms with Crippen molar-refractivity contribution in [2.45, 2.75) is 13.1 Å². The van der Waals surface area contributed by atoms with E-state index in [4.69, 9.17) is 4.74 Å². The van der Waals surface area contributed by atoms with Gasteiger partial charge in [0, 0.05) is 6.20 Å². The molecule has 9 heteroatoms. The van der Waals surface area contributed by atoms with Crippen molar-refractivity contribution in [3.05, 3.63) is 62.4 Å². The minimum atomic E-state index is -4.65. The minimum absolute atomic E-state index is 0.0108. The summed E-state index contributed by atoms with van der Waals surface area (Å²) in [6, 6.07) is 4.58. The van der Waals surface area contributed by atoms with Gasteiger partial charge in [0.1, 0.15) is 11.3 Å². The molecule has 3 aromatic rings. The molecule has 0 spiro atoms. The number of ether oxygens (including phenoxy) is 1. The van der Waals surface area contributed by atoms with E-state index in [9.17, 15) is 22.8 Å². The van der Waals surface area contributed by atoms with E-state index in [2.05, 4.69) is 9.97 Å². The molecule has 6 nitrogen and oxygen atoms in total. The lowest BCUT2D eigenvalue weighted by Crippen LogP contribution is -2.36. The predicted octanol–water partition coefficient (Wildman–Crippen LogP) is 2.41. The monoisotopic (exact) mass is 351 g/mol. The minimum Gasteiger partial charge on any atom is -0.494 e. The molecule has 0 saturated carbocycles. The Morgan fingerprint density at radius 3 is 2.56 bits per heavy atom. The van der Waals surface area contributed by atoms with Gasteiger partial charge in [-0.2, -0.15) is 13.2 Å². The molecule has 0 aliphatic rings. The number of H-pyrrole nitrogens is 1. The van der Waals surface area contributed by atoms with Crippen molar-refractivity contribution in [1.82, 2.24) is 14.5 Å². The molecule has 0 radical (unpaired) electrons. The first-order valence-corrected chi connectivity index (χ1v) is 7.10. The molecule has 3 rings (SSSR count). The first kappa shape index (κ1) is 16.7. The van der Waals surface area contributed by atoms with Gasteiger partial charge in [-0.25, -0.2) is 0 Å². The normalized spacial score (nSPS) is 11.7. The number of aromatic nitrogens is 3. The number of pyridine rings is 1. The molecule has 25 heavy (non-hydrogen) atoms. The van der Waals surface area contributed by atoms with Gasteiger partial charge in [-0.3, -0.25) is 19.1 Å². The number of methoxy groups -OCH3 is 1. The number of nitrogens with zero attached hydrogens (tertiary/aromatic N) is 2. The Labute approximate surface area is 138 Å². The van der Waals surface area contributed by atoms with E-state index in [1.807, 2.05) is 0 Å². The molecule has 0 aliphatic carbocycles. The molecule has 2 aromatic heterocycles. The lowest BCUT2D eigenvalue weighted by atomic mass is 10.1. The van der Waals surface area contributed by atoms with Crippen molar-refractivity contribution in [3.63, 3.8) is 0 Å². The highest BCUT2D eigenvalue weighted by Crippen LogP contribution is 2.35. The lowest BCUT2D eigenvalue weighted by molar-refractivity contribution is -0.137. The largest absolute Gasteiger partial charge is 0.494 e. The number of alkyl halides is 3. The standard InChI is InChI=1S/C16H12F3N3O3/c1-8-10(4-3-5-20-8)22-11-6-9(16(17,18)19)7-12(25-2)13(11)21-14(23)15(22)24/h3-7H,1-2H3,(H,21,23). The molecule has 0 amide bonds. The molecular weight excluding hydrogens is 339 g/mol. The Morgan fingerprint density at radius 2 is 1.96 bits per heavy atom. The van der Waals surface area contributed by atoms with Gasteiger partial charge >= 0.3 is 17.3 Å². The molecule has 0 fully saturated rings. The number of hydrogen-bond acceptors (Lipinski definition) is 4. The summed E-state index contributed by atoms with van der Waals surface area (Å²) in [5, 5.41) is 0. The number of halogens is 3. The van der Waals surface area contributed by atoms with Gasteiger partial charge in [-0.1, -0.05) is 0 Å². The van der Waals surface area contributed by atoms with Crippen LogP contribution in [0.4, 0.5) is 13.2 Å². The molecule has 130 valence electrons. The fourth-order valence-electron chi connectivity index (χ4n) is 2.56. The van der Waals surface area contributed by atoms with Crippen LogP contribution in [-0.4, -0.2) is 21.6 Å². The quantitative estimate of drug-likeness (QED) is 0.720. The molecule has 0 bridgehead atoms. The first-order valence-electron chi connectivity index (χ1n) is 7.10. The third-order valence-corrected chi connectivity index (χ3v) is 3.73. The van der Waals surface area contributed by atoms with Crippen LogP contribution in [0.15, 0.2) is 40.1 Å². The maximum absolute atomic E-state index is 13.2. The number of aromatic amines is 1. The zero-order valence-electron chi connectivity index (χ0n) is 13.1. The summed E-state index contributed by atoms with van der Waals surface area (Å²) in [6.07, 6.45) is -3.18. The Balaban J connectivity index is 2.55. The highest BCUT2D eigenvalue weighted by atomic mass is 19.4. The highest BCUT2D eigenvalue weighted by molar-refractivity contribution is 5.84. The second-order valence-corrected chi connectivity index (χ2v) is 5.27. The van der Waals surface area contributed by atoms with E-state index < -0.39 is 22.9 Å². The average molecular weight is 351 g/mol. The Kier molecular flexibility index (Phi) is 3.86. The summed E-state index contributed by atoms with van der Waals surface area (Å²) in [7, 11) is 1.18. The molecule has 0 unspecified atom stereocenters. The van der Waals surface area contributed by atoms with Crippen LogP contribution in [-0.2, 0) is 6.18 Å². The van der Waals surface area contributed by atoms with E-state index in [0.29, 0.717) is 5.69 Å². The number of aryl methyl sites for hydroxylation is 1. The van der Waals surface area contributed by atoms with Crippen LogP contribution in [0.3, 0.4) is 0 Å². The van der Waals surface area contributed by atoms with Crippen LogP contribution in [0.1, 0.15) is 11.3 Å². The summed E-state index contributed by atoms with van der Waals surface area (Å²) >= 11 is 0. The first-order chi connectivity index (χ1) is 11.7. The Morgan fingerprint density at radius 1 is 1.24 bits per heavy atom. The maximum Gasteiger partial charge on any atom is 0.416 e. The summed E-state index contributed by atoms with van der Waals surface area (Å²) in [6.45, 7) is 1.58. The van der Waals surface area contributed by atoms with Gasteiger partial charge in [0.25, 0.3) is 0 Å². The van der Waals surface area contributed by atoms with Crippen LogP contribution in [0, 0.1) is 6.92 Å². The summed E-state index contributed by atoms with van der Waals surface area (Å²) in [5.74, 6) is -0.197. The van der Waals surface area contributed by atoms with Gasteiger partial charge in [0.15, 0.2) is 0 Å². The number of hydrogen-bond donors (Lipinski definition) is 1. The number of rotatable bonds is 2. The van der Waals surface area contributed by atoms with Crippen LogP contribution in [0.2, 0.25) is 0 Å². The van der Waals surface area contributed by atoms with Crippen molar-refractivity contribution in [3.8, 4) is 11.4 Å². The Bertz CT molecular complexity index is 1080. The molecule has 0 atom stereocenters. The SMILES string of the molecule is COc1cc(C(F)(F)F)cc2c1[nH]c(=O)c(=O)n2-c1cccnc1C. The predicted molar refractivity (Wildman–Crippen MR) is 84.3 cm³/mol. The molecule has 2 heterocycles. The van der Waals surface area contributed by atoms with Gasteiger partial charge in [-0.15, -0.1) is 0 Å². The van der Waals surface area contributed by atoms with Gasteiger partial charge < -0.3 is 9.72 Å². The highest BCUT2D eigenvalue weighted by Gasteiger charge is 2.32. The molecule has 0 aliphatic heterocycles. The second kappa shape index (κ2) is 5.76. The zero-order valence-corrected chi connectivity index (χ0v) is 13.1. The number of fused-ring (bicyclic) bond motifs is 1. The number of benzene rings is 1. The third-order valence-electron chi connectivity index (χ3n) is 3.73. The van der Waals surface area contributed by atoms with E-state index in [1.165, 1.54) is 25.4 Å². The Hall–Kier alpha value is -3.10. The van der Waals surface area contributed by atoms with E-state index in [1.54, 1.807) is 6.92 Å². The van der Waals surface area contributed by atoms with Crippen molar-refractivity contribution >= 4 is 11.0 Å². The van der Waals surface area contributed by atoms with Crippen LogP contribution < -0.4 is 15.9 Å². The van der Waals surface area contributed by atoms with Gasteiger partial charge in [0.2, 0.25) is 0 Å². The van der Waals surface area contributed by atoms with Crippen LogP contribution >= 0.6 is 0 Å². The topological polar surface area (TPSA) is 77.0 Å². The van der Waals surface area contributed by atoms with Crippen LogP contribution in [0.25, 0.3) is 16.7 Å². The van der Waals surface area contributed by atoms with E-state index in [0.717, 1.165) is 16.7 Å². The summed E-state index contributed by atoms with van der Waals surface area (Å²) in [5.41, 5.74) is -2.54. The van der Waals surface area contributed by atoms with E-state index in [-0.39, 0.29) is 22.5 Å². The number of nitrogens with one attached hydrogen (secondary N) is 1. The second-order valence-electron chi connectivity index (χ2n) is 5.27. The summed E-state index contributed by atoms with van der Waals surface area (Å²) < 4.78 is 45.5. The van der Waals surface area contributed by atoms with Crippen LogP contribution in [0.5, 0.6) is 5.75 Å². The smallest absolute Gasteiger partial charge is 0.416 e. The van der Waals surface area contributed by atoms with Crippen molar-refractivity contribution in [2.75, 3.05) is 7.11 Å². The van der Waals surface area contributed by atoms with E-state index >= 15 is 0 Å². The summed E-state index contributed by atoms with van der Waals surface area (Å²) in [4.78, 5) is 30.7. The fraction of sp³-hybridized carbons (Fsp3) is 0.188. The molecule has 1 N–H and O–H groups in total. The van der Waals surface area contributed by atoms with Gasteiger partial charge in [0.05, 0.1) is 29.6 Å². The fourth-order valence-corrected chi connectivity index (χ4v) is 2.56. The average Bonchev–Trinajstić information content (AvgIpc) is 2.55. The lowest BCUT2D eigenvalue weighted by Gasteiger charge is -2.16. The van der Waals surface area contributed by atoms with Crippen molar-refractivity contribution < 1.29 is 17.9 Å². The maximum atomic E-state index is 13.2. The molecule has 0 saturated heterocycles.